The van der Waals surface area contributed by atoms with Gasteiger partial charge in [-0.15, -0.1) is 0 Å². The van der Waals surface area contributed by atoms with E-state index in [9.17, 15) is 19.8 Å². The van der Waals surface area contributed by atoms with Gasteiger partial charge in [-0.05, 0) is 5.56 Å². The van der Waals surface area contributed by atoms with Crippen molar-refractivity contribution < 1.29 is 19.8 Å². The third-order valence-electron chi connectivity index (χ3n) is 4.54. The number of aromatic nitrogens is 2. The number of nitrogens with zero attached hydrogens (tertiary/aromatic N) is 3. The Hall–Kier alpha value is -4.39. The topological polar surface area (TPSA) is 201 Å². The number of hydrogen-bond donors (Lipinski definition) is 7. The van der Waals surface area contributed by atoms with Crippen molar-refractivity contribution in [2.45, 2.75) is 12.5 Å². The van der Waals surface area contributed by atoms with Crippen LogP contribution in [0.15, 0.2) is 72.1 Å². The predicted molar refractivity (Wildman–Crippen MR) is 118 cm³/mol. The maximum atomic E-state index is 12.5. The van der Waals surface area contributed by atoms with E-state index in [1.807, 2.05) is 0 Å². The van der Waals surface area contributed by atoms with Crippen molar-refractivity contribution in [3.05, 3.63) is 95.1 Å². The van der Waals surface area contributed by atoms with Crippen LogP contribution < -0.4 is 27.7 Å². The molecule has 1 aromatic heterocycles. The summed E-state index contributed by atoms with van der Waals surface area (Å²) < 4.78 is 0. The Balaban J connectivity index is 1.64. The van der Waals surface area contributed by atoms with Crippen molar-refractivity contribution in [2.75, 3.05) is 0 Å². The second-order valence-electron chi connectivity index (χ2n) is 6.78. The van der Waals surface area contributed by atoms with Gasteiger partial charge in [-0.2, -0.15) is 5.10 Å². The highest BCUT2D eigenvalue weighted by Crippen LogP contribution is 2.15. The maximum absolute atomic E-state index is 12.5. The number of aliphatic hydroxyl groups is 2. The summed E-state index contributed by atoms with van der Waals surface area (Å²) in [6.07, 6.45) is 1.03. The fraction of sp³-hybridized carbons (Fsp3) is 0.0952. The fourth-order valence-electron chi connectivity index (χ4n) is 2.82. The van der Waals surface area contributed by atoms with Gasteiger partial charge in [-0.1, -0.05) is 54.6 Å². The first kappa shape index (κ1) is 23.3. The van der Waals surface area contributed by atoms with E-state index in [0.717, 1.165) is 18.0 Å². The van der Waals surface area contributed by atoms with Crippen LogP contribution in [-0.2, 0) is 12.5 Å². The number of amides is 2. The summed E-state index contributed by atoms with van der Waals surface area (Å²) in [4.78, 5) is 32.6. The molecule has 33 heavy (non-hydrogen) atoms. The van der Waals surface area contributed by atoms with Crippen LogP contribution in [0.2, 0.25) is 0 Å². The minimum Gasteiger partial charge on any atom is -0.347 e. The van der Waals surface area contributed by atoms with E-state index < -0.39 is 17.7 Å². The lowest BCUT2D eigenvalue weighted by Gasteiger charge is -2.22. The lowest BCUT2D eigenvalue weighted by Crippen LogP contribution is -2.46. The molecule has 12 nitrogen and oxygen atoms in total. The Bertz CT molecular complexity index is 1150. The average Bonchev–Trinajstić information content (AvgIpc) is 2.84. The molecule has 0 aliphatic rings. The molecule has 0 saturated heterocycles. The van der Waals surface area contributed by atoms with E-state index in [2.05, 4.69) is 31.1 Å². The average molecular weight is 450 g/mol. The van der Waals surface area contributed by atoms with Gasteiger partial charge in [0.15, 0.2) is 5.84 Å². The van der Waals surface area contributed by atoms with Crippen molar-refractivity contribution in [1.29, 1.82) is 0 Å². The van der Waals surface area contributed by atoms with Gasteiger partial charge < -0.3 is 26.8 Å². The van der Waals surface area contributed by atoms with Gasteiger partial charge >= 0.3 is 0 Å². The van der Waals surface area contributed by atoms with E-state index in [-0.39, 0.29) is 23.5 Å². The quantitative estimate of drug-likeness (QED) is 0.0776. The largest absolute Gasteiger partial charge is 0.347 e. The number of rotatable bonds is 7. The van der Waals surface area contributed by atoms with Crippen LogP contribution in [-0.4, -0.2) is 37.8 Å². The number of amidine groups is 1. The van der Waals surface area contributed by atoms with E-state index in [0.29, 0.717) is 11.4 Å². The number of nitrogens with two attached hydrogens (primary N) is 2. The molecule has 9 N–H and O–H groups in total. The van der Waals surface area contributed by atoms with Crippen molar-refractivity contribution in [3.8, 4) is 0 Å². The van der Waals surface area contributed by atoms with E-state index in [1.54, 1.807) is 42.5 Å². The van der Waals surface area contributed by atoms with Crippen molar-refractivity contribution in [3.63, 3.8) is 0 Å². The zero-order chi connectivity index (χ0) is 23.8. The summed E-state index contributed by atoms with van der Waals surface area (Å²) in [6.45, 7) is 0.181. The summed E-state index contributed by atoms with van der Waals surface area (Å²) in [5.41, 5.74) is 3.59. The molecule has 0 fully saturated rings. The predicted octanol–water partition coefficient (Wildman–Crippen LogP) is -0.985. The molecule has 0 radical (unpaired) electrons. The molecular weight excluding hydrogens is 428 g/mol. The zero-order valence-corrected chi connectivity index (χ0v) is 17.3. The zero-order valence-electron chi connectivity index (χ0n) is 17.3. The summed E-state index contributed by atoms with van der Waals surface area (Å²) in [5.74, 6) is 6.79. The molecule has 0 aliphatic heterocycles. The van der Waals surface area contributed by atoms with Crippen LogP contribution in [0.4, 0.5) is 0 Å². The Morgan fingerprint density at radius 2 is 1.61 bits per heavy atom. The molecular formula is C21H22N8O4. The third-order valence-corrected chi connectivity index (χ3v) is 4.54. The van der Waals surface area contributed by atoms with Crippen LogP contribution in [0.1, 0.15) is 37.7 Å². The number of carbonyl (C=O) groups is 2. The molecule has 0 unspecified atom stereocenters. The van der Waals surface area contributed by atoms with Crippen molar-refractivity contribution in [1.82, 2.24) is 26.0 Å². The summed E-state index contributed by atoms with van der Waals surface area (Å²) >= 11 is 0. The molecule has 2 aromatic carbocycles. The van der Waals surface area contributed by atoms with Gasteiger partial charge in [0.1, 0.15) is 17.7 Å². The normalized spacial score (nSPS) is 11.5. The lowest BCUT2D eigenvalue weighted by molar-refractivity contribution is -0.185. The highest BCUT2D eigenvalue weighted by atomic mass is 16.5. The minimum absolute atomic E-state index is 0.0588. The summed E-state index contributed by atoms with van der Waals surface area (Å²) in [7, 11) is 0. The maximum Gasteiger partial charge on any atom is 0.275 e. The van der Waals surface area contributed by atoms with Gasteiger partial charge in [0, 0.05) is 23.7 Å². The van der Waals surface area contributed by atoms with Crippen molar-refractivity contribution in [2.24, 2.45) is 16.8 Å². The molecule has 1 heterocycles. The number of nitrogens with one attached hydrogen (secondary N) is 3. The summed E-state index contributed by atoms with van der Waals surface area (Å²) in [6, 6.07) is 15.8. The van der Waals surface area contributed by atoms with Crippen molar-refractivity contribution >= 4 is 17.6 Å². The fourth-order valence-corrected chi connectivity index (χ4v) is 2.82. The molecule has 12 heteroatoms. The molecule has 3 rings (SSSR count). The first-order valence-electron chi connectivity index (χ1n) is 9.61. The third kappa shape index (κ3) is 5.86. The molecule has 0 atom stereocenters. The van der Waals surface area contributed by atoms with Crippen LogP contribution >= 0.6 is 0 Å². The number of hydrazine groups is 1. The van der Waals surface area contributed by atoms with Crippen LogP contribution in [0.25, 0.3) is 0 Å². The van der Waals surface area contributed by atoms with Crippen LogP contribution in [0.3, 0.4) is 0 Å². The minimum atomic E-state index is -2.62. The molecule has 0 bridgehead atoms. The van der Waals surface area contributed by atoms with Gasteiger partial charge in [0.25, 0.3) is 17.7 Å². The van der Waals surface area contributed by atoms with E-state index >= 15 is 0 Å². The Kier molecular flexibility index (Phi) is 7.25. The van der Waals surface area contributed by atoms with Gasteiger partial charge in [-0.3, -0.25) is 14.9 Å². The molecule has 2 amide bonds. The van der Waals surface area contributed by atoms with Gasteiger partial charge in [0.2, 0.25) is 0 Å². The molecule has 0 saturated carbocycles. The Labute approximate surface area is 188 Å². The van der Waals surface area contributed by atoms with Crippen LogP contribution in [0.5, 0.6) is 0 Å². The van der Waals surface area contributed by atoms with E-state index in [1.165, 1.54) is 12.1 Å². The molecule has 0 aliphatic carbocycles. The SMILES string of the molecule is N/N=C(\NN)c1ccc(CNC(=O)c2cc(C(=O)NC(O)(O)c3ccccc3)ncn2)cc1. The van der Waals surface area contributed by atoms with E-state index in [4.69, 9.17) is 11.7 Å². The Morgan fingerprint density at radius 3 is 2.21 bits per heavy atom. The second kappa shape index (κ2) is 10.3. The van der Waals surface area contributed by atoms with Gasteiger partial charge in [0.05, 0.1) is 0 Å². The molecule has 3 aromatic rings. The number of hydrazone groups is 1. The lowest BCUT2D eigenvalue weighted by atomic mass is 10.1. The van der Waals surface area contributed by atoms with Gasteiger partial charge in [-0.25, -0.2) is 15.8 Å². The number of hydrogen-bond acceptors (Lipinski definition) is 9. The smallest absolute Gasteiger partial charge is 0.275 e. The highest BCUT2D eigenvalue weighted by Gasteiger charge is 2.29. The second-order valence-corrected chi connectivity index (χ2v) is 6.78. The Morgan fingerprint density at radius 1 is 0.970 bits per heavy atom. The summed E-state index contributed by atoms with van der Waals surface area (Å²) in [5, 5.41) is 28.6. The monoisotopic (exact) mass is 450 g/mol. The number of benzene rings is 2. The standard InChI is InChI=1S/C21H22N8O4/c22-28-18(29-23)14-8-6-13(7-9-14)11-24-19(30)16-10-17(26-12-25-16)20(31)27-21(32,33)15-4-2-1-3-5-15/h1-10,12,32-33H,11,22-23H2,(H,24,30)(H,27,31)(H,28,29). The molecule has 0 spiro atoms. The molecule has 170 valence electrons. The highest BCUT2D eigenvalue weighted by molar-refractivity contribution is 5.98. The first-order valence-corrected chi connectivity index (χ1v) is 9.61. The van der Waals surface area contributed by atoms with Crippen LogP contribution in [0, 0.1) is 0 Å². The number of carbonyl (C=O) groups excluding carboxylic acids is 2. The first-order chi connectivity index (χ1) is 15.8.